The van der Waals surface area contributed by atoms with E-state index in [2.05, 4.69) is 29.4 Å². The lowest BCUT2D eigenvalue weighted by Gasteiger charge is -2.21. The quantitative estimate of drug-likeness (QED) is 0.854. The fourth-order valence-electron chi connectivity index (χ4n) is 2.38. The first-order valence-corrected chi connectivity index (χ1v) is 7.72. The molecule has 1 saturated heterocycles. The topological polar surface area (TPSA) is 24.5 Å². The molecule has 1 aromatic rings. The molecule has 3 nitrogen and oxygen atoms in total. The Bertz CT molecular complexity index is 383. The van der Waals surface area contributed by atoms with Crippen molar-refractivity contribution in [2.45, 2.75) is 44.4 Å². The maximum atomic E-state index is 5.44. The van der Waals surface area contributed by atoms with Crippen LogP contribution in [0.25, 0.3) is 0 Å². The second kappa shape index (κ2) is 5.70. The molecular formula is C14H22N2OS. The van der Waals surface area contributed by atoms with E-state index >= 15 is 0 Å². The van der Waals surface area contributed by atoms with Crippen molar-refractivity contribution in [1.82, 2.24) is 10.2 Å². The zero-order chi connectivity index (χ0) is 12.4. The third-order valence-corrected chi connectivity index (χ3v) is 4.86. The van der Waals surface area contributed by atoms with Gasteiger partial charge in [0.05, 0.1) is 6.61 Å². The van der Waals surface area contributed by atoms with Gasteiger partial charge in [0.15, 0.2) is 0 Å². The lowest BCUT2D eigenvalue weighted by atomic mass is 10.2. The summed E-state index contributed by atoms with van der Waals surface area (Å²) in [6.07, 6.45) is 3.91. The van der Waals surface area contributed by atoms with Crippen molar-refractivity contribution in [3.05, 3.63) is 21.9 Å². The predicted octanol–water partition coefficient (Wildman–Crippen LogP) is 2.22. The van der Waals surface area contributed by atoms with Crippen molar-refractivity contribution in [3.8, 4) is 0 Å². The molecule has 0 radical (unpaired) electrons. The SMILES string of the molecule is CN(Cc1ccc(CNC2CC2)s1)C1CCOC1. The van der Waals surface area contributed by atoms with Crippen molar-refractivity contribution < 1.29 is 4.74 Å². The van der Waals surface area contributed by atoms with Crippen LogP contribution in [0.4, 0.5) is 0 Å². The van der Waals surface area contributed by atoms with E-state index in [1.807, 2.05) is 11.3 Å². The minimum Gasteiger partial charge on any atom is -0.380 e. The van der Waals surface area contributed by atoms with E-state index in [9.17, 15) is 0 Å². The minimum absolute atomic E-state index is 0.611. The molecule has 0 amide bonds. The van der Waals surface area contributed by atoms with E-state index in [1.54, 1.807) is 0 Å². The van der Waals surface area contributed by atoms with Gasteiger partial charge in [0.25, 0.3) is 0 Å². The van der Waals surface area contributed by atoms with Crippen LogP contribution >= 0.6 is 11.3 Å². The minimum atomic E-state index is 0.611. The van der Waals surface area contributed by atoms with Crippen molar-refractivity contribution in [1.29, 1.82) is 0 Å². The Balaban J connectivity index is 1.48. The molecule has 1 N–H and O–H groups in total. The molecule has 2 aliphatic rings. The van der Waals surface area contributed by atoms with Gasteiger partial charge >= 0.3 is 0 Å². The molecule has 2 fully saturated rings. The Labute approximate surface area is 113 Å². The highest BCUT2D eigenvalue weighted by molar-refractivity contribution is 7.11. The molecule has 1 aromatic heterocycles. The number of nitrogens with zero attached hydrogens (tertiary/aromatic N) is 1. The summed E-state index contributed by atoms with van der Waals surface area (Å²) in [7, 11) is 2.21. The Morgan fingerprint density at radius 3 is 2.89 bits per heavy atom. The Morgan fingerprint density at radius 1 is 1.33 bits per heavy atom. The van der Waals surface area contributed by atoms with Gasteiger partial charge in [-0.05, 0) is 38.4 Å². The van der Waals surface area contributed by atoms with Gasteiger partial charge in [-0.15, -0.1) is 11.3 Å². The average Bonchev–Trinajstić information content (AvgIpc) is 2.88. The molecule has 0 aromatic carbocycles. The largest absolute Gasteiger partial charge is 0.380 e. The second-order valence-corrected chi connectivity index (χ2v) is 6.71. The normalized spacial score (nSPS) is 24.0. The van der Waals surface area contributed by atoms with E-state index in [1.165, 1.54) is 29.0 Å². The first kappa shape index (κ1) is 12.6. The third kappa shape index (κ3) is 3.32. The Morgan fingerprint density at radius 2 is 2.17 bits per heavy atom. The molecule has 0 bridgehead atoms. The van der Waals surface area contributed by atoms with Crippen LogP contribution in [-0.4, -0.2) is 37.2 Å². The van der Waals surface area contributed by atoms with Gasteiger partial charge in [0.1, 0.15) is 0 Å². The van der Waals surface area contributed by atoms with E-state index in [0.29, 0.717) is 6.04 Å². The lowest BCUT2D eigenvalue weighted by molar-refractivity contribution is 0.157. The van der Waals surface area contributed by atoms with Gasteiger partial charge < -0.3 is 10.1 Å². The summed E-state index contributed by atoms with van der Waals surface area (Å²) in [6.45, 7) is 3.93. The Kier molecular flexibility index (Phi) is 3.99. The molecule has 1 aliphatic heterocycles. The van der Waals surface area contributed by atoms with Crippen LogP contribution in [-0.2, 0) is 17.8 Å². The van der Waals surface area contributed by atoms with Gasteiger partial charge in [-0.2, -0.15) is 0 Å². The van der Waals surface area contributed by atoms with Gasteiger partial charge in [-0.1, -0.05) is 0 Å². The molecule has 100 valence electrons. The summed E-state index contributed by atoms with van der Waals surface area (Å²) in [4.78, 5) is 5.36. The molecule has 1 unspecified atom stereocenters. The van der Waals surface area contributed by atoms with Crippen molar-refractivity contribution in [3.63, 3.8) is 0 Å². The van der Waals surface area contributed by atoms with E-state index < -0.39 is 0 Å². The molecule has 3 rings (SSSR count). The number of hydrogen-bond acceptors (Lipinski definition) is 4. The van der Waals surface area contributed by atoms with E-state index in [4.69, 9.17) is 4.74 Å². The zero-order valence-corrected chi connectivity index (χ0v) is 11.8. The Hall–Kier alpha value is -0.420. The van der Waals surface area contributed by atoms with Gasteiger partial charge in [-0.25, -0.2) is 0 Å². The average molecular weight is 266 g/mol. The molecule has 1 saturated carbocycles. The first-order valence-electron chi connectivity index (χ1n) is 6.90. The fraction of sp³-hybridized carbons (Fsp3) is 0.714. The van der Waals surface area contributed by atoms with Crippen LogP contribution < -0.4 is 5.32 Å². The fourth-order valence-corrected chi connectivity index (χ4v) is 3.41. The monoisotopic (exact) mass is 266 g/mol. The summed E-state index contributed by atoms with van der Waals surface area (Å²) in [6, 6.07) is 5.96. The number of likely N-dealkylation sites (N-methyl/N-ethyl adjacent to an activating group) is 1. The van der Waals surface area contributed by atoms with Crippen LogP contribution in [0.2, 0.25) is 0 Å². The predicted molar refractivity (Wildman–Crippen MR) is 74.9 cm³/mol. The summed E-state index contributed by atoms with van der Waals surface area (Å²) < 4.78 is 5.44. The number of rotatable bonds is 6. The summed E-state index contributed by atoms with van der Waals surface area (Å²) in [5.41, 5.74) is 0. The van der Waals surface area contributed by atoms with Crippen molar-refractivity contribution >= 4 is 11.3 Å². The van der Waals surface area contributed by atoms with Crippen LogP contribution in [0.15, 0.2) is 12.1 Å². The molecule has 0 spiro atoms. The number of thiophene rings is 1. The summed E-state index contributed by atoms with van der Waals surface area (Å²) in [5.74, 6) is 0. The highest BCUT2D eigenvalue weighted by atomic mass is 32.1. The smallest absolute Gasteiger partial charge is 0.0622 e. The van der Waals surface area contributed by atoms with Crippen molar-refractivity contribution in [2.24, 2.45) is 0 Å². The van der Waals surface area contributed by atoms with E-state index in [0.717, 1.165) is 32.3 Å². The lowest BCUT2D eigenvalue weighted by Crippen LogP contribution is -2.31. The molecule has 1 aliphatic carbocycles. The highest BCUT2D eigenvalue weighted by Gasteiger charge is 2.21. The number of hydrogen-bond donors (Lipinski definition) is 1. The molecule has 18 heavy (non-hydrogen) atoms. The van der Waals surface area contributed by atoms with Gasteiger partial charge in [0, 0.05) is 41.5 Å². The number of nitrogens with one attached hydrogen (secondary N) is 1. The molecular weight excluding hydrogens is 244 g/mol. The maximum absolute atomic E-state index is 5.44. The first-order chi connectivity index (χ1) is 8.81. The zero-order valence-electron chi connectivity index (χ0n) is 11.0. The van der Waals surface area contributed by atoms with Gasteiger partial charge in [0.2, 0.25) is 0 Å². The standard InChI is InChI=1S/C14H22N2OS/c1-16(12-6-7-17-10-12)9-14-5-4-13(18-14)8-15-11-2-3-11/h4-5,11-12,15H,2-3,6-10H2,1H3. The maximum Gasteiger partial charge on any atom is 0.0622 e. The highest BCUT2D eigenvalue weighted by Crippen LogP contribution is 2.23. The van der Waals surface area contributed by atoms with Crippen LogP contribution in [0.3, 0.4) is 0 Å². The summed E-state index contributed by atoms with van der Waals surface area (Å²) in [5, 5.41) is 3.57. The second-order valence-electron chi connectivity index (χ2n) is 5.46. The van der Waals surface area contributed by atoms with E-state index in [-0.39, 0.29) is 0 Å². The van der Waals surface area contributed by atoms with Crippen LogP contribution in [0, 0.1) is 0 Å². The van der Waals surface area contributed by atoms with Crippen molar-refractivity contribution in [2.75, 3.05) is 20.3 Å². The molecule has 4 heteroatoms. The third-order valence-electron chi connectivity index (χ3n) is 3.79. The molecule has 1 atom stereocenters. The van der Waals surface area contributed by atoms with Crippen LogP contribution in [0.1, 0.15) is 29.0 Å². The number of ether oxygens (including phenoxy) is 1. The summed E-state index contributed by atoms with van der Waals surface area (Å²) >= 11 is 1.94. The molecule has 2 heterocycles. The van der Waals surface area contributed by atoms with Crippen LogP contribution in [0.5, 0.6) is 0 Å². The van der Waals surface area contributed by atoms with Gasteiger partial charge in [-0.3, -0.25) is 4.90 Å².